The van der Waals surface area contributed by atoms with E-state index in [1.165, 1.54) is 5.56 Å². The Morgan fingerprint density at radius 1 is 1.21 bits per heavy atom. The van der Waals surface area contributed by atoms with Gasteiger partial charge in [0.05, 0.1) is 23.9 Å². The van der Waals surface area contributed by atoms with Crippen molar-refractivity contribution in [2.24, 2.45) is 0 Å². The largest absolute Gasteiger partial charge is 0.333 e. The molecule has 0 spiro atoms. The summed E-state index contributed by atoms with van der Waals surface area (Å²) in [5.74, 6) is 0.491. The third-order valence-electron chi connectivity index (χ3n) is 4.87. The molecule has 2 aliphatic rings. The van der Waals surface area contributed by atoms with Crippen LogP contribution in [0.1, 0.15) is 50.3 Å². The zero-order chi connectivity index (χ0) is 17.4. The third kappa shape index (κ3) is 2.68. The molecule has 0 fully saturated rings. The molecule has 3 amide bonds. The summed E-state index contributed by atoms with van der Waals surface area (Å²) < 4.78 is 0. The minimum absolute atomic E-state index is 0.0386. The van der Waals surface area contributed by atoms with Gasteiger partial charge in [0.25, 0.3) is 5.91 Å². The van der Waals surface area contributed by atoms with Crippen LogP contribution in [-0.4, -0.2) is 41.9 Å². The Bertz CT molecular complexity index is 691. The summed E-state index contributed by atoms with van der Waals surface area (Å²) in [7, 11) is 1.73. The molecule has 0 saturated carbocycles. The third-order valence-corrected chi connectivity index (χ3v) is 4.87. The number of nitrogens with one attached hydrogen (secondary N) is 1. The lowest BCUT2D eigenvalue weighted by Gasteiger charge is -2.31. The Kier molecular flexibility index (Phi) is 4.35. The van der Waals surface area contributed by atoms with E-state index in [0.717, 1.165) is 17.7 Å². The molecule has 3 rings (SSSR count). The summed E-state index contributed by atoms with van der Waals surface area (Å²) in [6.45, 7) is 7.59. The second kappa shape index (κ2) is 6.30. The highest BCUT2D eigenvalue weighted by molar-refractivity contribution is 6.01. The van der Waals surface area contributed by atoms with Crippen molar-refractivity contribution in [1.82, 2.24) is 15.1 Å². The number of amides is 3. The molecule has 0 unspecified atom stereocenters. The molecule has 1 atom stereocenters. The van der Waals surface area contributed by atoms with Crippen molar-refractivity contribution in [2.75, 3.05) is 20.1 Å². The minimum Gasteiger partial charge on any atom is -0.333 e. The number of hydrogen-bond acceptors (Lipinski definition) is 2. The highest BCUT2D eigenvalue weighted by Crippen LogP contribution is 2.35. The zero-order valence-electron chi connectivity index (χ0n) is 14.8. The van der Waals surface area contributed by atoms with E-state index in [0.29, 0.717) is 24.6 Å². The molecule has 1 N–H and O–H groups in total. The monoisotopic (exact) mass is 327 g/mol. The summed E-state index contributed by atoms with van der Waals surface area (Å²) in [5.41, 5.74) is 3.75. The first-order valence-corrected chi connectivity index (χ1v) is 8.60. The molecule has 5 nitrogen and oxygen atoms in total. The molecule has 0 bridgehead atoms. The van der Waals surface area contributed by atoms with Gasteiger partial charge in [0.15, 0.2) is 0 Å². The topological polar surface area (TPSA) is 52.7 Å². The van der Waals surface area contributed by atoms with Gasteiger partial charge in [-0.3, -0.25) is 9.69 Å². The van der Waals surface area contributed by atoms with Gasteiger partial charge in [-0.15, -0.1) is 0 Å². The highest BCUT2D eigenvalue weighted by atomic mass is 16.2. The van der Waals surface area contributed by atoms with Crippen LogP contribution in [0.15, 0.2) is 35.5 Å². The van der Waals surface area contributed by atoms with Gasteiger partial charge in [-0.2, -0.15) is 0 Å². The minimum atomic E-state index is -0.362. The number of carbonyl (C=O) groups is 2. The summed E-state index contributed by atoms with van der Waals surface area (Å²) in [4.78, 5) is 28.6. The Morgan fingerprint density at radius 3 is 2.46 bits per heavy atom. The summed E-state index contributed by atoms with van der Waals surface area (Å²) >= 11 is 0. The molecule has 24 heavy (non-hydrogen) atoms. The molecule has 0 aromatic heterocycles. The fourth-order valence-electron chi connectivity index (χ4n) is 3.40. The van der Waals surface area contributed by atoms with E-state index in [1.54, 1.807) is 11.9 Å². The van der Waals surface area contributed by atoms with E-state index in [-0.39, 0.29) is 18.0 Å². The van der Waals surface area contributed by atoms with Crippen molar-refractivity contribution >= 4 is 11.9 Å². The standard InChI is InChI=1S/C19H25N3O2/c1-5-10-22-11-15-16(18(22)23)17(20-19(24)21(15)4)14-8-6-13(7-9-14)12(2)3/h6-9,12,17H,5,10-11H2,1-4H3,(H,20,24)/t17-/m0/s1. The van der Waals surface area contributed by atoms with Crippen molar-refractivity contribution in [2.45, 2.75) is 39.2 Å². The fraction of sp³-hybridized carbons (Fsp3) is 0.474. The molecule has 0 aliphatic carbocycles. The second-order valence-electron chi connectivity index (χ2n) is 6.85. The van der Waals surface area contributed by atoms with Crippen LogP contribution in [0.25, 0.3) is 0 Å². The summed E-state index contributed by atoms with van der Waals surface area (Å²) in [5, 5.41) is 2.98. The predicted molar refractivity (Wildman–Crippen MR) is 93.5 cm³/mol. The van der Waals surface area contributed by atoms with Gasteiger partial charge < -0.3 is 10.2 Å². The van der Waals surface area contributed by atoms with Gasteiger partial charge in [0.2, 0.25) is 0 Å². The number of hydrogen-bond donors (Lipinski definition) is 1. The Labute approximate surface area is 143 Å². The van der Waals surface area contributed by atoms with Gasteiger partial charge in [-0.25, -0.2) is 4.79 Å². The lowest BCUT2D eigenvalue weighted by molar-refractivity contribution is -0.125. The van der Waals surface area contributed by atoms with Crippen molar-refractivity contribution in [3.8, 4) is 0 Å². The molecule has 2 aliphatic heterocycles. The van der Waals surface area contributed by atoms with Crippen LogP contribution in [0.5, 0.6) is 0 Å². The van der Waals surface area contributed by atoms with Gasteiger partial charge >= 0.3 is 6.03 Å². The first-order valence-electron chi connectivity index (χ1n) is 8.60. The molecule has 128 valence electrons. The van der Waals surface area contributed by atoms with Crippen molar-refractivity contribution in [3.63, 3.8) is 0 Å². The maximum Gasteiger partial charge on any atom is 0.322 e. The Morgan fingerprint density at radius 2 is 1.88 bits per heavy atom. The van der Waals surface area contributed by atoms with Crippen LogP contribution < -0.4 is 5.32 Å². The number of urea groups is 1. The number of carbonyl (C=O) groups excluding carboxylic acids is 2. The average molecular weight is 327 g/mol. The maximum absolute atomic E-state index is 12.8. The van der Waals surface area contributed by atoms with E-state index in [9.17, 15) is 9.59 Å². The van der Waals surface area contributed by atoms with E-state index < -0.39 is 0 Å². The van der Waals surface area contributed by atoms with Gasteiger partial charge in [-0.05, 0) is 23.5 Å². The van der Waals surface area contributed by atoms with E-state index >= 15 is 0 Å². The van der Waals surface area contributed by atoms with E-state index in [1.807, 2.05) is 17.0 Å². The summed E-state index contributed by atoms with van der Waals surface area (Å²) in [6.07, 6.45) is 0.908. The molecular formula is C19H25N3O2. The summed E-state index contributed by atoms with van der Waals surface area (Å²) in [6, 6.07) is 7.68. The molecule has 1 aromatic carbocycles. The smallest absolute Gasteiger partial charge is 0.322 e. The number of rotatable bonds is 4. The first kappa shape index (κ1) is 16.6. The van der Waals surface area contributed by atoms with Crippen molar-refractivity contribution in [1.29, 1.82) is 0 Å². The SMILES string of the molecule is CCCN1CC2=C(C1=O)[C@H](c1ccc(C(C)C)cc1)NC(=O)N2C. The van der Waals surface area contributed by atoms with Crippen LogP contribution in [-0.2, 0) is 4.79 Å². The predicted octanol–water partition coefficient (Wildman–Crippen LogP) is 3.01. The van der Waals surface area contributed by atoms with E-state index in [2.05, 4.69) is 38.2 Å². The quantitative estimate of drug-likeness (QED) is 0.924. The normalized spacial score (nSPS) is 20.8. The van der Waals surface area contributed by atoms with Crippen LogP contribution in [0.3, 0.4) is 0 Å². The van der Waals surface area contributed by atoms with Crippen molar-refractivity contribution < 1.29 is 9.59 Å². The highest BCUT2D eigenvalue weighted by Gasteiger charge is 2.42. The average Bonchev–Trinajstić information content (AvgIpc) is 2.89. The van der Waals surface area contributed by atoms with Crippen LogP contribution in [0, 0.1) is 0 Å². The van der Waals surface area contributed by atoms with Gasteiger partial charge in [0.1, 0.15) is 0 Å². The first-order chi connectivity index (χ1) is 11.4. The molecule has 2 heterocycles. The molecule has 5 heteroatoms. The lowest BCUT2D eigenvalue weighted by Crippen LogP contribution is -2.45. The molecular weight excluding hydrogens is 302 g/mol. The van der Waals surface area contributed by atoms with E-state index in [4.69, 9.17) is 0 Å². The Balaban J connectivity index is 1.98. The molecule has 1 aromatic rings. The maximum atomic E-state index is 12.8. The number of benzene rings is 1. The van der Waals surface area contributed by atoms with Gasteiger partial charge in [-0.1, -0.05) is 45.0 Å². The van der Waals surface area contributed by atoms with Crippen molar-refractivity contribution in [3.05, 3.63) is 46.7 Å². The number of likely N-dealkylation sites (N-methyl/N-ethyl adjacent to an activating group) is 1. The van der Waals surface area contributed by atoms with Crippen LogP contribution >= 0.6 is 0 Å². The van der Waals surface area contributed by atoms with Crippen LogP contribution in [0.4, 0.5) is 4.79 Å². The molecule has 0 saturated heterocycles. The van der Waals surface area contributed by atoms with Gasteiger partial charge in [0, 0.05) is 13.6 Å². The number of nitrogens with zero attached hydrogens (tertiary/aromatic N) is 2. The fourth-order valence-corrected chi connectivity index (χ4v) is 3.40. The zero-order valence-corrected chi connectivity index (χ0v) is 14.8. The van der Waals surface area contributed by atoms with Crippen LogP contribution in [0.2, 0.25) is 0 Å². The second-order valence-corrected chi connectivity index (χ2v) is 6.85. The lowest BCUT2D eigenvalue weighted by atomic mass is 9.93. The Hall–Kier alpha value is -2.30. The molecule has 0 radical (unpaired) electrons.